The van der Waals surface area contributed by atoms with Crippen LogP contribution in [-0.2, 0) is 9.47 Å². The van der Waals surface area contributed by atoms with Crippen LogP contribution in [0.2, 0.25) is 0 Å². The van der Waals surface area contributed by atoms with E-state index < -0.39 is 0 Å². The summed E-state index contributed by atoms with van der Waals surface area (Å²) in [5.41, 5.74) is 6.79. The number of piperidine rings is 1. The fourth-order valence-corrected chi connectivity index (χ4v) is 3.17. The summed E-state index contributed by atoms with van der Waals surface area (Å²) in [4.78, 5) is 22.1. The van der Waals surface area contributed by atoms with Gasteiger partial charge in [0.1, 0.15) is 5.82 Å². The lowest BCUT2D eigenvalue weighted by molar-refractivity contribution is 0.0983. The van der Waals surface area contributed by atoms with Crippen molar-refractivity contribution in [1.29, 1.82) is 0 Å². The standard InChI is InChI=1S/C16H25N5O3/c1-2-24-16(22)21-6-3-12(4-7-21)18-14-9-13(19-15(17)20-14)11-5-8-23-10-11/h9,11-12H,2-8,10H2,1H3,(H3,17,18,19,20)/t11-/m0/s1. The van der Waals surface area contributed by atoms with E-state index in [-0.39, 0.29) is 18.1 Å². The number of anilines is 2. The van der Waals surface area contributed by atoms with Crippen molar-refractivity contribution in [3.05, 3.63) is 11.8 Å². The van der Waals surface area contributed by atoms with Gasteiger partial charge >= 0.3 is 6.09 Å². The Morgan fingerprint density at radius 2 is 2.21 bits per heavy atom. The van der Waals surface area contributed by atoms with E-state index >= 15 is 0 Å². The Kier molecular flexibility index (Phi) is 5.34. The molecule has 2 fully saturated rings. The Labute approximate surface area is 141 Å². The zero-order chi connectivity index (χ0) is 16.9. The van der Waals surface area contributed by atoms with Gasteiger partial charge in [0.25, 0.3) is 0 Å². The van der Waals surface area contributed by atoms with Crippen LogP contribution in [0.15, 0.2) is 6.07 Å². The average molecular weight is 335 g/mol. The van der Waals surface area contributed by atoms with Crippen LogP contribution < -0.4 is 11.1 Å². The fourth-order valence-electron chi connectivity index (χ4n) is 3.17. The lowest BCUT2D eigenvalue weighted by Crippen LogP contribution is -2.42. The number of aromatic nitrogens is 2. The van der Waals surface area contributed by atoms with Crippen molar-refractivity contribution in [2.45, 2.75) is 38.1 Å². The zero-order valence-electron chi connectivity index (χ0n) is 14.0. The summed E-state index contributed by atoms with van der Waals surface area (Å²) in [6.45, 7) is 5.04. The number of likely N-dealkylation sites (tertiary alicyclic amines) is 1. The smallest absolute Gasteiger partial charge is 0.409 e. The minimum atomic E-state index is -0.231. The molecule has 8 heteroatoms. The lowest BCUT2D eigenvalue weighted by Gasteiger charge is -2.32. The van der Waals surface area contributed by atoms with Crippen molar-refractivity contribution in [3.8, 4) is 0 Å². The molecule has 8 nitrogen and oxygen atoms in total. The molecule has 1 aromatic rings. The summed E-state index contributed by atoms with van der Waals surface area (Å²) in [6.07, 6.45) is 2.44. The van der Waals surface area contributed by atoms with Gasteiger partial charge < -0.3 is 25.4 Å². The number of nitrogens with zero attached hydrogens (tertiary/aromatic N) is 3. The summed E-state index contributed by atoms with van der Waals surface area (Å²) >= 11 is 0. The number of amides is 1. The van der Waals surface area contributed by atoms with Crippen molar-refractivity contribution in [2.75, 3.05) is 44.0 Å². The molecule has 2 saturated heterocycles. The summed E-state index contributed by atoms with van der Waals surface area (Å²) < 4.78 is 10.5. The van der Waals surface area contributed by atoms with Crippen LogP contribution in [0.3, 0.4) is 0 Å². The molecule has 3 N–H and O–H groups in total. The van der Waals surface area contributed by atoms with Gasteiger partial charge in [0, 0.05) is 37.7 Å². The minimum Gasteiger partial charge on any atom is -0.450 e. The first-order valence-electron chi connectivity index (χ1n) is 8.56. The highest BCUT2D eigenvalue weighted by Crippen LogP contribution is 2.26. The molecule has 3 heterocycles. The van der Waals surface area contributed by atoms with Crippen molar-refractivity contribution < 1.29 is 14.3 Å². The number of hydrogen-bond donors (Lipinski definition) is 2. The number of nitrogen functional groups attached to an aromatic ring is 1. The molecule has 0 spiro atoms. The van der Waals surface area contributed by atoms with E-state index in [1.165, 1.54) is 0 Å². The summed E-state index contributed by atoms with van der Waals surface area (Å²) in [5.74, 6) is 1.33. The minimum absolute atomic E-state index is 0.231. The molecular weight excluding hydrogens is 310 g/mol. The molecule has 24 heavy (non-hydrogen) atoms. The van der Waals surface area contributed by atoms with Gasteiger partial charge in [-0.05, 0) is 26.2 Å². The van der Waals surface area contributed by atoms with E-state index in [9.17, 15) is 4.79 Å². The van der Waals surface area contributed by atoms with Crippen molar-refractivity contribution in [1.82, 2.24) is 14.9 Å². The molecule has 132 valence electrons. The number of hydrogen-bond acceptors (Lipinski definition) is 7. The van der Waals surface area contributed by atoms with Crippen LogP contribution in [0.5, 0.6) is 0 Å². The van der Waals surface area contributed by atoms with E-state index in [0.29, 0.717) is 32.2 Å². The van der Waals surface area contributed by atoms with Crippen LogP contribution in [0.4, 0.5) is 16.6 Å². The molecule has 0 aromatic carbocycles. The Bertz CT molecular complexity index is 569. The quantitative estimate of drug-likeness (QED) is 0.861. The van der Waals surface area contributed by atoms with Crippen molar-refractivity contribution in [2.24, 2.45) is 0 Å². The average Bonchev–Trinajstić information content (AvgIpc) is 3.10. The number of carbonyl (C=O) groups excluding carboxylic acids is 1. The molecule has 0 bridgehead atoms. The molecule has 1 atom stereocenters. The van der Waals surface area contributed by atoms with Crippen molar-refractivity contribution >= 4 is 17.9 Å². The summed E-state index contributed by atoms with van der Waals surface area (Å²) in [5, 5.41) is 3.43. The van der Waals surface area contributed by atoms with Gasteiger partial charge in [0.15, 0.2) is 0 Å². The largest absolute Gasteiger partial charge is 0.450 e. The van der Waals surface area contributed by atoms with Gasteiger partial charge in [0.2, 0.25) is 5.95 Å². The van der Waals surface area contributed by atoms with Gasteiger partial charge in [-0.1, -0.05) is 0 Å². The van der Waals surface area contributed by atoms with Gasteiger partial charge in [0.05, 0.1) is 18.9 Å². The van der Waals surface area contributed by atoms with Gasteiger partial charge in [-0.25, -0.2) is 9.78 Å². The highest BCUT2D eigenvalue weighted by molar-refractivity contribution is 5.67. The predicted molar refractivity (Wildman–Crippen MR) is 89.9 cm³/mol. The van der Waals surface area contributed by atoms with Crippen LogP contribution >= 0.6 is 0 Å². The normalized spacial score (nSPS) is 21.7. The first-order valence-corrected chi connectivity index (χ1v) is 8.56. The van der Waals surface area contributed by atoms with E-state index in [0.717, 1.165) is 37.4 Å². The SMILES string of the molecule is CCOC(=O)N1CCC(Nc2cc([C@H]3CCOC3)nc(N)n2)CC1. The van der Waals surface area contributed by atoms with Crippen LogP contribution in [0.25, 0.3) is 0 Å². The first-order chi connectivity index (χ1) is 11.7. The molecule has 0 unspecified atom stereocenters. The second kappa shape index (κ2) is 7.65. The second-order valence-electron chi connectivity index (χ2n) is 6.20. The third-order valence-corrected chi connectivity index (χ3v) is 4.48. The number of nitrogens with one attached hydrogen (secondary N) is 1. The fraction of sp³-hybridized carbons (Fsp3) is 0.688. The molecule has 0 radical (unpaired) electrons. The van der Waals surface area contributed by atoms with E-state index in [1.807, 2.05) is 13.0 Å². The number of ether oxygens (including phenoxy) is 2. The van der Waals surface area contributed by atoms with E-state index in [2.05, 4.69) is 15.3 Å². The van der Waals surface area contributed by atoms with Gasteiger partial charge in [-0.15, -0.1) is 0 Å². The number of rotatable bonds is 4. The lowest BCUT2D eigenvalue weighted by atomic mass is 10.0. The molecule has 2 aliphatic rings. The third kappa shape index (κ3) is 4.05. The molecule has 2 aliphatic heterocycles. The Morgan fingerprint density at radius 1 is 1.42 bits per heavy atom. The van der Waals surface area contributed by atoms with Crippen LogP contribution in [0, 0.1) is 0 Å². The maximum absolute atomic E-state index is 11.7. The molecule has 0 aliphatic carbocycles. The summed E-state index contributed by atoms with van der Waals surface area (Å²) in [7, 11) is 0. The van der Waals surface area contributed by atoms with Gasteiger partial charge in [-0.2, -0.15) is 4.98 Å². The Morgan fingerprint density at radius 3 is 2.88 bits per heavy atom. The van der Waals surface area contributed by atoms with Crippen molar-refractivity contribution in [3.63, 3.8) is 0 Å². The number of carbonyl (C=O) groups is 1. The molecule has 3 rings (SSSR count). The highest BCUT2D eigenvalue weighted by atomic mass is 16.6. The predicted octanol–water partition coefficient (Wildman–Crippen LogP) is 1.60. The van der Waals surface area contributed by atoms with E-state index in [4.69, 9.17) is 15.2 Å². The maximum atomic E-state index is 11.7. The monoisotopic (exact) mass is 335 g/mol. The van der Waals surface area contributed by atoms with E-state index in [1.54, 1.807) is 4.90 Å². The number of nitrogens with two attached hydrogens (primary N) is 1. The molecule has 1 amide bonds. The second-order valence-corrected chi connectivity index (χ2v) is 6.20. The van der Waals surface area contributed by atoms with Crippen LogP contribution in [-0.4, -0.2) is 59.9 Å². The molecular formula is C16H25N5O3. The summed E-state index contributed by atoms with van der Waals surface area (Å²) in [6, 6.07) is 2.23. The zero-order valence-corrected chi connectivity index (χ0v) is 14.0. The first kappa shape index (κ1) is 16.8. The van der Waals surface area contributed by atoms with Gasteiger partial charge in [-0.3, -0.25) is 0 Å². The third-order valence-electron chi connectivity index (χ3n) is 4.48. The Balaban J connectivity index is 1.58. The molecule has 0 saturated carbocycles. The highest BCUT2D eigenvalue weighted by Gasteiger charge is 2.25. The van der Waals surface area contributed by atoms with Crippen LogP contribution in [0.1, 0.15) is 37.8 Å². The topological polar surface area (TPSA) is 103 Å². The molecule has 1 aromatic heterocycles. The Hall–Kier alpha value is -2.09. The maximum Gasteiger partial charge on any atom is 0.409 e.